The minimum absolute atomic E-state index is 0.0653. The number of nitrogens with zero attached hydrogens (tertiary/aromatic N) is 4. The third-order valence-corrected chi connectivity index (χ3v) is 5.92. The van der Waals surface area contributed by atoms with E-state index in [1.807, 2.05) is 11.6 Å². The zero-order valence-electron chi connectivity index (χ0n) is 18.9. The van der Waals surface area contributed by atoms with Gasteiger partial charge in [-0.3, -0.25) is 4.98 Å². The zero-order valence-corrected chi connectivity index (χ0v) is 18.9. The van der Waals surface area contributed by atoms with Gasteiger partial charge < -0.3 is 20.1 Å². The summed E-state index contributed by atoms with van der Waals surface area (Å²) < 4.78 is 12.8. The van der Waals surface area contributed by atoms with Crippen LogP contribution in [0.2, 0.25) is 0 Å². The van der Waals surface area contributed by atoms with Crippen LogP contribution >= 0.6 is 0 Å². The van der Waals surface area contributed by atoms with Crippen LogP contribution in [0.5, 0.6) is 5.88 Å². The van der Waals surface area contributed by atoms with Gasteiger partial charge in [0.2, 0.25) is 5.88 Å². The molecule has 2 N–H and O–H groups in total. The number of methoxy groups -OCH3 is 1. The maximum atomic E-state index is 12.2. The maximum Gasteiger partial charge on any atom is 0.407 e. The van der Waals surface area contributed by atoms with Crippen molar-refractivity contribution in [3.63, 3.8) is 0 Å². The van der Waals surface area contributed by atoms with Crippen LogP contribution in [-0.4, -0.2) is 44.6 Å². The number of anilines is 2. The molecule has 2 heterocycles. The highest BCUT2D eigenvalue weighted by Gasteiger charge is 2.40. The van der Waals surface area contributed by atoms with Crippen LogP contribution in [-0.2, 0) is 10.3 Å². The monoisotopic (exact) mass is 428 g/mol. The van der Waals surface area contributed by atoms with Crippen molar-refractivity contribution in [3.05, 3.63) is 24.2 Å². The van der Waals surface area contributed by atoms with Crippen molar-refractivity contribution in [1.82, 2.24) is 25.1 Å². The summed E-state index contributed by atoms with van der Waals surface area (Å²) in [5.74, 6) is 2.12. The lowest BCUT2D eigenvalue weighted by Gasteiger charge is -2.22. The number of carbonyl (C=O) groups excluding carboxylic acids is 1. The van der Waals surface area contributed by atoms with Gasteiger partial charge in [0, 0.05) is 17.5 Å². The van der Waals surface area contributed by atoms with Crippen molar-refractivity contribution < 1.29 is 14.3 Å². The van der Waals surface area contributed by atoms with E-state index in [2.05, 4.69) is 47.4 Å². The number of aromatic nitrogens is 4. The number of hydrogen-bond acceptors (Lipinski definition) is 7. The second-order valence-electron chi connectivity index (χ2n) is 9.83. The van der Waals surface area contributed by atoms with Crippen molar-refractivity contribution in [2.24, 2.45) is 0 Å². The first-order valence-electron chi connectivity index (χ1n) is 10.9. The quantitative estimate of drug-likeness (QED) is 0.714. The molecule has 2 fully saturated rings. The molecule has 0 radical (unpaired) electrons. The SMILES string of the molecule is COc1cncc(Nc2cc([C@H]3CC[C@@H](OC(=O)NC4(C)CC4)C3)nn2C(C)(C)C)n1. The van der Waals surface area contributed by atoms with Crippen molar-refractivity contribution in [1.29, 1.82) is 0 Å². The molecule has 2 aliphatic rings. The van der Waals surface area contributed by atoms with Crippen LogP contribution in [0.3, 0.4) is 0 Å². The molecule has 2 atom stereocenters. The molecule has 2 aromatic rings. The highest BCUT2D eigenvalue weighted by molar-refractivity contribution is 5.69. The fourth-order valence-electron chi connectivity index (χ4n) is 3.89. The van der Waals surface area contributed by atoms with Crippen molar-refractivity contribution in [2.45, 2.75) is 82.9 Å². The lowest BCUT2D eigenvalue weighted by Crippen LogP contribution is -2.36. The van der Waals surface area contributed by atoms with Gasteiger partial charge >= 0.3 is 6.09 Å². The largest absolute Gasteiger partial charge is 0.480 e. The molecule has 2 saturated carbocycles. The smallest absolute Gasteiger partial charge is 0.407 e. The molecule has 0 aromatic carbocycles. The van der Waals surface area contributed by atoms with E-state index in [0.29, 0.717) is 11.7 Å². The van der Waals surface area contributed by atoms with E-state index in [9.17, 15) is 4.79 Å². The molecule has 0 saturated heterocycles. The summed E-state index contributed by atoms with van der Waals surface area (Å²) in [6.45, 7) is 8.37. The van der Waals surface area contributed by atoms with Crippen LogP contribution in [0.1, 0.15) is 71.4 Å². The molecule has 4 rings (SSSR count). The van der Waals surface area contributed by atoms with Crippen LogP contribution in [0, 0.1) is 0 Å². The molecule has 1 amide bonds. The van der Waals surface area contributed by atoms with Gasteiger partial charge in [-0.25, -0.2) is 9.48 Å². The lowest BCUT2D eigenvalue weighted by atomic mass is 10.0. The Kier molecular flexibility index (Phi) is 5.53. The summed E-state index contributed by atoms with van der Waals surface area (Å²) in [6.07, 6.45) is 7.45. The summed E-state index contributed by atoms with van der Waals surface area (Å²) >= 11 is 0. The summed E-state index contributed by atoms with van der Waals surface area (Å²) in [6, 6.07) is 2.06. The third kappa shape index (κ3) is 5.08. The Bertz CT molecular complexity index is 947. The van der Waals surface area contributed by atoms with Crippen molar-refractivity contribution in [3.8, 4) is 5.88 Å². The molecule has 9 nitrogen and oxygen atoms in total. The first kappa shape index (κ1) is 21.4. The van der Waals surface area contributed by atoms with E-state index in [0.717, 1.165) is 43.6 Å². The van der Waals surface area contributed by atoms with Gasteiger partial charge in [0.05, 0.1) is 30.7 Å². The van der Waals surface area contributed by atoms with E-state index in [1.165, 1.54) is 0 Å². The summed E-state index contributed by atoms with van der Waals surface area (Å²) in [7, 11) is 1.56. The number of hydrogen-bond donors (Lipinski definition) is 2. The van der Waals surface area contributed by atoms with Crippen LogP contribution in [0.25, 0.3) is 0 Å². The van der Waals surface area contributed by atoms with E-state index in [4.69, 9.17) is 14.6 Å². The molecule has 0 bridgehead atoms. The highest BCUT2D eigenvalue weighted by Crippen LogP contribution is 2.38. The fraction of sp³-hybridized carbons (Fsp3) is 0.636. The van der Waals surface area contributed by atoms with Crippen LogP contribution in [0.15, 0.2) is 18.5 Å². The average Bonchev–Trinajstić information content (AvgIpc) is 3.07. The first-order chi connectivity index (χ1) is 14.6. The molecule has 0 spiro atoms. The highest BCUT2D eigenvalue weighted by atomic mass is 16.6. The average molecular weight is 429 g/mol. The van der Waals surface area contributed by atoms with Gasteiger partial charge in [-0.15, -0.1) is 0 Å². The Hall–Kier alpha value is -2.84. The Labute approximate surface area is 182 Å². The maximum absolute atomic E-state index is 12.2. The molecule has 0 aliphatic heterocycles. The lowest BCUT2D eigenvalue weighted by molar-refractivity contribution is 0.0967. The minimum Gasteiger partial charge on any atom is -0.480 e. The molecule has 9 heteroatoms. The molecular weight excluding hydrogens is 396 g/mol. The number of nitrogens with one attached hydrogen (secondary N) is 2. The van der Waals surface area contributed by atoms with Crippen LogP contribution < -0.4 is 15.4 Å². The number of carbonyl (C=O) groups is 1. The number of alkyl carbamates (subject to hydrolysis) is 1. The van der Waals surface area contributed by atoms with E-state index in [1.54, 1.807) is 19.5 Å². The third-order valence-electron chi connectivity index (χ3n) is 5.92. The zero-order chi connectivity index (χ0) is 22.2. The predicted octanol–water partition coefficient (Wildman–Crippen LogP) is 4.10. The Morgan fingerprint density at radius 1 is 1.26 bits per heavy atom. The topological polar surface area (TPSA) is 103 Å². The number of amides is 1. The molecule has 0 unspecified atom stereocenters. The second kappa shape index (κ2) is 8.01. The predicted molar refractivity (Wildman–Crippen MR) is 117 cm³/mol. The summed E-state index contributed by atoms with van der Waals surface area (Å²) in [5, 5.41) is 11.2. The second-order valence-corrected chi connectivity index (χ2v) is 9.83. The van der Waals surface area contributed by atoms with E-state index < -0.39 is 0 Å². The Morgan fingerprint density at radius 2 is 2.03 bits per heavy atom. The van der Waals surface area contributed by atoms with Gasteiger partial charge in [-0.1, -0.05) is 0 Å². The van der Waals surface area contributed by atoms with Crippen molar-refractivity contribution >= 4 is 17.7 Å². The molecule has 168 valence electrons. The molecular formula is C22H32N6O3. The van der Waals surface area contributed by atoms with Gasteiger partial charge in [-0.05, 0) is 59.8 Å². The van der Waals surface area contributed by atoms with E-state index in [-0.39, 0.29) is 29.2 Å². The standard InChI is InChI=1S/C22H32N6O3/c1-21(2,3)28-18(24-17-12-23-13-19(25-17)30-5)11-16(27-28)14-6-7-15(10-14)31-20(29)26-22(4)8-9-22/h11-15H,6-10H2,1-5H3,(H,24,25)(H,26,29)/t14-,15+/m0/s1. The summed E-state index contributed by atoms with van der Waals surface area (Å²) in [5.41, 5.74) is 0.708. The minimum atomic E-state index is -0.301. The van der Waals surface area contributed by atoms with Crippen LogP contribution in [0.4, 0.5) is 16.4 Å². The Morgan fingerprint density at radius 3 is 2.71 bits per heavy atom. The molecule has 2 aromatic heterocycles. The fourth-order valence-corrected chi connectivity index (χ4v) is 3.89. The van der Waals surface area contributed by atoms with E-state index >= 15 is 0 Å². The van der Waals surface area contributed by atoms with Gasteiger partial charge in [0.15, 0.2) is 5.82 Å². The molecule has 2 aliphatic carbocycles. The summed E-state index contributed by atoms with van der Waals surface area (Å²) in [4.78, 5) is 20.7. The van der Waals surface area contributed by atoms with Gasteiger partial charge in [-0.2, -0.15) is 10.1 Å². The van der Waals surface area contributed by atoms with Crippen molar-refractivity contribution in [2.75, 3.05) is 12.4 Å². The van der Waals surface area contributed by atoms with Gasteiger partial charge in [0.25, 0.3) is 0 Å². The number of ether oxygens (including phenoxy) is 2. The first-order valence-corrected chi connectivity index (χ1v) is 10.9. The molecule has 31 heavy (non-hydrogen) atoms. The number of rotatable bonds is 6. The van der Waals surface area contributed by atoms with Gasteiger partial charge in [0.1, 0.15) is 11.9 Å². The Balaban J connectivity index is 1.46. The normalized spacial score (nSPS) is 22.1.